The van der Waals surface area contributed by atoms with Crippen molar-refractivity contribution in [1.29, 1.82) is 0 Å². The number of hydrogen-bond acceptors (Lipinski definition) is 6. The Morgan fingerprint density at radius 3 is 2.65 bits per heavy atom. The van der Waals surface area contributed by atoms with Gasteiger partial charge in [0.2, 0.25) is 17.7 Å². The maximum Gasteiger partial charge on any atom is 0.236 e. The number of amides is 2. The number of aromatic nitrogens is 2. The van der Waals surface area contributed by atoms with Crippen molar-refractivity contribution in [3.8, 4) is 0 Å². The molecular weight excluding hydrogens is 336 g/mol. The number of aryl methyl sites for hydroxylation is 1. The Hall–Kier alpha value is -1.96. The van der Waals surface area contributed by atoms with Crippen LogP contribution in [0.1, 0.15) is 38.4 Å². The van der Waals surface area contributed by atoms with Gasteiger partial charge in [-0.2, -0.15) is 4.98 Å². The molecule has 8 heteroatoms. The number of rotatable bonds is 6. The SMILES string of the molecule is CCOCC1C(=O)N(CC)CC12CCN(C(=O)Cc1nc(C)no1)CC2. The number of ether oxygens (including phenoxy) is 1. The maximum atomic E-state index is 12.7. The second-order valence-electron chi connectivity index (χ2n) is 7.22. The first-order valence-corrected chi connectivity index (χ1v) is 9.42. The van der Waals surface area contributed by atoms with Gasteiger partial charge in [-0.1, -0.05) is 5.16 Å². The number of likely N-dealkylation sites (tertiary alicyclic amines) is 2. The second-order valence-corrected chi connectivity index (χ2v) is 7.22. The fourth-order valence-electron chi connectivity index (χ4n) is 4.16. The van der Waals surface area contributed by atoms with Crippen LogP contribution in [0.2, 0.25) is 0 Å². The zero-order valence-electron chi connectivity index (χ0n) is 15.9. The first-order valence-electron chi connectivity index (χ1n) is 9.42. The van der Waals surface area contributed by atoms with E-state index in [1.807, 2.05) is 23.6 Å². The summed E-state index contributed by atoms with van der Waals surface area (Å²) in [6.07, 6.45) is 1.78. The molecule has 144 valence electrons. The molecule has 1 aromatic rings. The lowest BCUT2D eigenvalue weighted by atomic mass is 9.71. The Kier molecular flexibility index (Phi) is 5.60. The monoisotopic (exact) mass is 364 g/mol. The zero-order chi connectivity index (χ0) is 18.7. The van der Waals surface area contributed by atoms with Crippen LogP contribution in [0.25, 0.3) is 0 Å². The molecule has 2 aliphatic heterocycles. The van der Waals surface area contributed by atoms with E-state index in [1.54, 1.807) is 6.92 Å². The van der Waals surface area contributed by atoms with Crippen LogP contribution >= 0.6 is 0 Å². The van der Waals surface area contributed by atoms with Gasteiger partial charge in [-0.25, -0.2) is 0 Å². The third-order valence-electron chi connectivity index (χ3n) is 5.71. The minimum Gasteiger partial charge on any atom is -0.381 e. The number of carbonyl (C=O) groups excluding carboxylic acids is 2. The predicted octanol–water partition coefficient (Wildman–Crippen LogP) is 1.04. The second kappa shape index (κ2) is 7.73. The first kappa shape index (κ1) is 18.8. The van der Waals surface area contributed by atoms with Gasteiger partial charge in [0.1, 0.15) is 6.42 Å². The molecule has 0 radical (unpaired) electrons. The Bertz CT molecular complexity index is 651. The van der Waals surface area contributed by atoms with Gasteiger partial charge in [-0.15, -0.1) is 0 Å². The quantitative estimate of drug-likeness (QED) is 0.749. The van der Waals surface area contributed by atoms with E-state index in [0.29, 0.717) is 38.0 Å². The molecule has 2 amide bonds. The van der Waals surface area contributed by atoms with E-state index >= 15 is 0 Å². The Balaban J connectivity index is 1.63. The fraction of sp³-hybridized carbons (Fsp3) is 0.778. The minimum atomic E-state index is -0.0988. The summed E-state index contributed by atoms with van der Waals surface area (Å²) >= 11 is 0. The van der Waals surface area contributed by atoms with E-state index in [9.17, 15) is 9.59 Å². The molecule has 0 aromatic carbocycles. The number of carbonyl (C=O) groups is 2. The molecule has 1 aromatic heterocycles. The highest BCUT2D eigenvalue weighted by Crippen LogP contribution is 2.45. The van der Waals surface area contributed by atoms with E-state index in [-0.39, 0.29) is 29.6 Å². The van der Waals surface area contributed by atoms with Crippen molar-refractivity contribution in [2.75, 3.05) is 39.4 Å². The minimum absolute atomic E-state index is 0.00142. The fourth-order valence-corrected chi connectivity index (χ4v) is 4.16. The van der Waals surface area contributed by atoms with Crippen LogP contribution in [0, 0.1) is 18.3 Å². The van der Waals surface area contributed by atoms with Crippen LogP contribution in [0.5, 0.6) is 0 Å². The highest BCUT2D eigenvalue weighted by Gasteiger charge is 2.52. The summed E-state index contributed by atoms with van der Waals surface area (Å²) in [5.41, 5.74) is -0.0832. The van der Waals surface area contributed by atoms with Crippen molar-refractivity contribution in [3.63, 3.8) is 0 Å². The summed E-state index contributed by atoms with van der Waals surface area (Å²) in [6, 6.07) is 0. The van der Waals surface area contributed by atoms with Gasteiger partial charge in [0.15, 0.2) is 5.82 Å². The zero-order valence-corrected chi connectivity index (χ0v) is 15.9. The van der Waals surface area contributed by atoms with Gasteiger partial charge in [-0.05, 0) is 33.6 Å². The summed E-state index contributed by atoms with van der Waals surface area (Å²) in [5, 5.41) is 3.72. The van der Waals surface area contributed by atoms with Crippen LogP contribution in [-0.2, 0) is 20.7 Å². The first-order chi connectivity index (χ1) is 12.5. The van der Waals surface area contributed by atoms with Gasteiger partial charge in [0.05, 0.1) is 12.5 Å². The van der Waals surface area contributed by atoms with E-state index in [0.717, 1.165) is 25.9 Å². The number of piperidine rings is 1. The summed E-state index contributed by atoms with van der Waals surface area (Å²) in [6.45, 7) is 9.58. The van der Waals surface area contributed by atoms with Crippen LogP contribution in [0.4, 0.5) is 0 Å². The summed E-state index contributed by atoms with van der Waals surface area (Å²) in [4.78, 5) is 33.1. The Labute approximate surface area is 153 Å². The van der Waals surface area contributed by atoms with Gasteiger partial charge >= 0.3 is 0 Å². The maximum absolute atomic E-state index is 12.7. The molecule has 1 atom stereocenters. The molecule has 1 unspecified atom stereocenters. The molecule has 2 fully saturated rings. The van der Waals surface area contributed by atoms with Gasteiger partial charge in [0, 0.05) is 38.2 Å². The van der Waals surface area contributed by atoms with Crippen molar-refractivity contribution in [2.24, 2.45) is 11.3 Å². The highest BCUT2D eigenvalue weighted by atomic mass is 16.5. The molecular formula is C18H28N4O4. The van der Waals surface area contributed by atoms with Crippen molar-refractivity contribution in [1.82, 2.24) is 19.9 Å². The number of hydrogen-bond donors (Lipinski definition) is 0. The van der Waals surface area contributed by atoms with Crippen molar-refractivity contribution in [2.45, 2.75) is 40.0 Å². The molecule has 2 aliphatic rings. The molecule has 0 N–H and O–H groups in total. The third kappa shape index (κ3) is 3.60. The van der Waals surface area contributed by atoms with Gasteiger partial charge in [0.25, 0.3) is 0 Å². The molecule has 8 nitrogen and oxygen atoms in total. The van der Waals surface area contributed by atoms with Gasteiger partial charge < -0.3 is 19.1 Å². The summed E-state index contributed by atoms with van der Waals surface area (Å²) in [7, 11) is 0. The van der Waals surface area contributed by atoms with Crippen LogP contribution < -0.4 is 0 Å². The lowest BCUT2D eigenvalue weighted by Gasteiger charge is -2.41. The smallest absolute Gasteiger partial charge is 0.236 e. The van der Waals surface area contributed by atoms with E-state index < -0.39 is 0 Å². The predicted molar refractivity (Wildman–Crippen MR) is 93.2 cm³/mol. The average molecular weight is 364 g/mol. The molecule has 3 heterocycles. The lowest BCUT2D eigenvalue weighted by molar-refractivity contribution is -0.135. The Morgan fingerprint density at radius 2 is 2.08 bits per heavy atom. The molecule has 26 heavy (non-hydrogen) atoms. The number of nitrogens with zero attached hydrogens (tertiary/aromatic N) is 4. The topological polar surface area (TPSA) is 88.8 Å². The van der Waals surface area contributed by atoms with E-state index in [4.69, 9.17) is 9.26 Å². The Morgan fingerprint density at radius 1 is 1.35 bits per heavy atom. The molecule has 2 saturated heterocycles. The van der Waals surface area contributed by atoms with Crippen LogP contribution in [0.3, 0.4) is 0 Å². The lowest BCUT2D eigenvalue weighted by Crippen LogP contribution is -2.47. The van der Waals surface area contributed by atoms with Crippen molar-refractivity contribution >= 4 is 11.8 Å². The van der Waals surface area contributed by atoms with Crippen molar-refractivity contribution in [3.05, 3.63) is 11.7 Å². The van der Waals surface area contributed by atoms with Crippen molar-refractivity contribution < 1.29 is 18.8 Å². The summed E-state index contributed by atoms with van der Waals surface area (Å²) < 4.78 is 10.7. The molecule has 0 saturated carbocycles. The summed E-state index contributed by atoms with van der Waals surface area (Å²) in [5.74, 6) is 0.991. The van der Waals surface area contributed by atoms with Crippen LogP contribution in [0.15, 0.2) is 4.52 Å². The highest BCUT2D eigenvalue weighted by molar-refractivity contribution is 5.83. The molecule has 3 rings (SSSR count). The largest absolute Gasteiger partial charge is 0.381 e. The third-order valence-corrected chi connectivity index (χ3v) is 5.71. The van der Waals surface area contributed by atoms with Crippen LogP contribution in [-0.4, -0.2) is 71.1 Å². The van der Waals surface area contributed by atoms with E-state index in [2.05, 4.69) is 10.1 Å². The standard InChI is InChI=1S/C18H28N4O4/c1-4-21-12-18(14(17(21)24)11-25-5-2)6-8-22(9-7-18)16(23)10-15-19-13(3)20-26-15/h14H,4-12H2,1-3H3. The van der Waals surface area contributed by atoms with Gasteiger partial charge in [-0.3, -0.25) is 9.59 Å². The van der Waals surface area contributed by atoms with E-state index in [1.165, 1.54) is 0 Å². The molecule has 0 bridgehead atoms. The molecule has 0 aliphatic carbocycles. The normalized spacial score (nSPS) is 22.4. The average Bonchev–Trinajstić information content (AvgIpc) is 3.15. The molecule has 1 spiro atoms.